The molecule has 2 aromatic rings. The number of carbonyl (C=O) groups is 2. The van der Waals surface area contributed by atoms with Gasteiger partial charge in [-0.1, -0.05) is 29.8 Å². The van der Waals surface area contributed by atoms with Crippen molar-refractivity contribution in [1.82, 2.24) is 4.90 Å². The number of benzene rings is 2. The molecule has 5 nitrogen and oxygen atoms in total. The predicted octanol–water partition coefficient (Wildman–Crippen LogP) is 3.45. The molecule has 0 saturated carbocycles. The maximum Gasteiger partial charge on any atom is 0.328 e. The molecule has 2 atom stereocenters. The zero-order valence-corrected chi connectivity index (χ0v) is 15.1. The van der Waals surface area contributed by atoms with Gasteiger partial charge in [0.2, 0.25) is 0 Å². The van der Waals surface area contributed by atoms with Gasteiger partial charge in [0.05, 0.1) is 24.2 Å². The number of rotatable bonds is 4. The largest absolute Gasteiger partial charge is 0.485 e. The topological polar surface area (TPSA) is 55.8 Å². The van der Waals surface area contributed by atoms with E-state index in [1.165, 1.54) is 37.4 Å². The van der Waals surface area contributed by atoms with Crippen LogP contribution >= 0.6 is 11.6 Å². The quantitative estimate of drug-likeness (QED) is 0.744. The molecule has 0 spiro atoms. The lowest BCUT2D eigenvalue weighted by atomic mass is 10.1. The number of methoxy groups -OCH3 is 1. The van der Waals surface area contributed by atoms with E-state index in [1.807, 2.05) is 0 Å². The second-order valence-electron chi connectivity index (χ2n) is 6.00. The van der Waals surface area contributed by atoms with Crippen LogP contribution in [0.1, 0.15) is 16.8 Å². The van der Waals surface area contributed by atoms with Crippen molar-refractivity contribution in [3.8, 4) is 5.75 Å². The van der Waals surface area contributed by atoms with Gasteiger partial charge in [-0.25, -0.2) is 13.6 Å². The molecule has 1 aliphatic heterocycles. The van der Waals surface area contributed by atoms with E-state index in [2.05, 4.69) is 0 Å². The van der Waals surface area contributed by atoms with Crippen molar-refractivity contribution in [2.75, 3.05) is 13.7 Å². The molecule has 142 valence electrons. The smallest absolute Gasteiger partial charge is 0.328 e. The third kappa shape index (κ3) is 3.88. The number of esters is 1. The highest BCUT2D eigenvalue weighted by Crippen LogP contribution is 2.29. The van der Waals surface area contributed by atoms with E-state index in [-0.39, 0.29) is 29.3 Å². The summed E-state index contributed by atoms with van der Waals surface area (Å²) in [6.45, 7) is -0.0441. The first-order chi connectivity index (χ1) is 12.9. The second kappa shape index (κ2) is 7.92. The third-order valence-corrected chi connectivity index (χ3v) is 4.62. The minimum absolute atomic E-state index is 0.00402. The van der Waals surface area contributed by atoms with Crippen molar-refractivity contribution in [3.63, 3.8) is 0 Å². The molecule has 1 amide bonds. The SMILES string of the molecule is COC(=O)C1CC(Oc2ccccc2F)CN1C(=O)c1c(F)cccc1Cl. The molecule has 3 rings (SSSR count). The Bertz CT molecular complexity index is 856. The van der Waals surface area contributed by atoms with E-state index in [4.69, 9.17) is 21.1 Å². The van der Waals surface area contributed by atoms with Crippen molar-refractivity contribution in [2.45, 2.75) is 18.6 Å². The summed E-state index contributed by atoms with van der Waals surface area (Å²) in [7, 11) is 1.19. The lowest BCUT2D eigenvalue weighted by Gasteiger charge is -2.23. The van der Waals surface area contributed by atoms with Gasteiger partial charge >= 0.3 is 5.97 Å². The molecule has 0 aromatic heterocycles. The lowest BCUT2D eigenvalue weighted by Crippen LogP contribution is -2.41. The fraction of sp³-hybridized carbons (Fsp3) is 0.263. The fourth-order valence-electron chi connectivity index (χ4n) is 3.03. The van der Waals surface area contributed by atoms with Crippen LogP contribution in [0, 0.1) is 11.6 Å². The van der Waals surface area contributed by atoms with Crippen LogP contribution in [-0.4, -0.2) is 42.6 Å². The molecule has 0 N–H and O–H groups in total. The monoisotopic (exact) mass is 395 g/mol. The first-order valence-electron chi connectivity index (χ1n) is 8.16. The third-order valence-electron chi connectivity index (χ3n) is 4.30. The molecular formula is C19H16ClF2NO4. The van der Waals surface area contributed by atoms with Gasteiger partial charge in [0.25, 0.3) is 5.91 Å². The Morgan fingerprint density at radius 2 is 1.81 bits per heavy atom. The number of carbonyl (C=O) groups excluding carboxylic acids is 2. The average Bonchev–Trinajstić information content (AvgIpc) is 3.06. The van der Waals surface area contributed by atoms with Gasteiger partial charge in [-0.2, -0.15) is 0 Å². The number of para-hydroxylation sites is 1. The van der Waals surface area contributed by atoms with Crippen molar-refractivity contribution in [3.05, 3.63) is 64.7 Å². The molecule has 0 radical (unpaired) electrons. The van der Waals surface area contributed by atoms with E-state index in [0.717, 1.165) is 11.0 Å². The normalized spacial score (nSPS) is 19.0. The van der Waals surface area contributed by atoms with E-state index < -0.39 is 35.7 Å². The van der Waals surface area contributed by atoms with Gasteiger partial charge in [0, 0.05) is 6.42 Å². The molecule has 1 saturated heterocycles. The first-order valence-corrected chi connectivity index (χ1v) is 8.54. The van der Waals surface area contributed by atoms with E-state index in [0.29, 0.717) is 0 Å². The molecular weight excluding hydrogens is 380 g/mol. The Morgan fingerprint density at radius 1 is 1.11 bits per heavy atom. The van der Waals surface area contributed by atoms with Crippen LogP contribution in [0.15, 0.2) is 42.5 Å². The number of nitrogens with zero attached hydrogens (tertiary/aromatic N) is 1. The molecule has 2 aromatic carbocycles. The summed E-state index contributed by atoms with van der Waals surface area (Å²) in [5, 5.41) is -0.0675. The zero-order valence-electron chi connectivity index (χ0n) is 14.3. The molecule has 27 heavy (non-hydrogen) atoms. The Kier molecular flexibility index (Phi) is 5.60. The highest BCUT2D eigenvalue weighted by atomic mass is 35.5. The average molecular weight is 396 g/mol. The number of halogens is 3. The van der Waals surface area contributed by atoms with Crippen LogP contribution in [0.5, 0.6) is 5.75 Å². The highest BCUT2D eigenvalue weighted by Gasteiger charge is 2.43. The van der Waals surface area contributed by atoms with Gasteiger partial charge in [0.1, 0.15) is 18.0 Å². The summed E-state index contributed by atoms with van der Waals surface area (Å²) in [5.74, 6) is -2.78. The predicted molar refractivity (Wildman–Crippen MR) is 93.7 cm³/mol. The van der Waals surface area contributed by atoms with Crippen molar-refractivity contribution in [2.24, 2.45) is 0 Å². The van der Waals surface area contributed by atoms with Crippen LogP contribution in [0.3, 0.4) is 0 Å². The van der Waals surface area contributed by atoms with Crippen LogP contribution < -0.4 is 4.74 Å². The van der Waals surface area contributed by atoms with Gasteiger partial charge in [-0.15, -0.1) is 0 Å². The lowest BCUT2D eigenvalue weighted by molar-refractivity contribution is -0.145. The molecule has 0 bridgehead atoms. The van der Waals surface area contributed by atoms with Crippen LogP contribution in [0.25, 0.3) is 0 Å². The number of likely N-dealkylation sites (tertiary alicyclic amines) is 1. The maximum absolute atomic E-state index is 14.1. The summed E-state index contributed by atoms with van der Waals surface area (Å²) in [4.78, 5) is 26.1. The number of hydrogen-bond donors (Lipinski definition) is 0. The second-order valence-corrected chi connectivity index (χ2v) is 6.41. The summed E-state index contributed by atoms with van der Waals surface area (Å²) >= 11 is 5.97. The molecule has 1 fully saturated rings. The molecule has 1 aliphatic rings. The maximum atomic E-state index is 14.1. The summed E-state index contributed by atoms with van der Waals surface area (Å²) in [6, 6.07) is 8.68. The molecule has 8 heteroatoms. The van der Waals surface area contributed by atoms with Crippen LogP contribution in [0.4, 0.5) is 8.78 Å². The Balaban J connectivity index is 1.87. The van der Waals surface area contributed by atoms with Gasteiger partial charge in [-0.3, -0.25) is 4.79 Å². The Labute approximate surface area is 159 Å². The number of amides is 1. The fourth-order valence-corrected chi connectivity index (χ4v) is 3.28. The first kappa shape index (κ1) is 19.1. The van der Waals surface area contributed by atoms with Crippen LogP contribution in [0.2, 0.25) is 5.02 Å². The van der Waals surface area contributed by atoms with E-state index in [9.17, 15) is 18.4 Å². The number of hydrogen-bond acceptors (Lipinski definition) is 4. The summed E-state index contributed by atoms with van der Waals surface area (Å²) in [5.41, 5.74) is -0.334. The van der Waals surface area contributed by atoms with Crippen LogP contribution in [-0.2, 0) is 9.53 Å². The highest BCUT2D eigenvalue weighted by molar-refractivity contribution is 6.33. The van der Waals surface area contributed by atoms with Gasteiger partial charge in [-0.05, 0) is 24.3 Å². The molecule has 1 heterocycles. The minimum atomic E-state index is -0.991. The standard InChI is InChI=1S/C19H16ClF2NO4/c1-26-19(25)15-9-11(27-16-8-3-2-6-13(16)21)10-23(15)18(24)17-12(20)5-4-7-14(17)22/h2-8,11,15H,9-10H2,1H3. The van der Waals surface area contributed by atoms with Crippen molar-refractivity contribution < 1.29 is 27.8 Å². The summed E-state index contributed by atoms with van der Waals surface area (Å²) < 4.78 is 38.3. The zero-order chi connectivity index (χ0) is 19.6. The van der Waals surface area contributed by atoms with E-state index in [1.54, 1.807) is 6.07 Å². The minimum Gasteiger partial charge on any atom is -0.485 e. The molecule has 2 unspecified atom stereocenters. The van der Waals surface area contributed by atoms with Gasteiger partial charge in [0.15, 0.2) is 11.6 Å². The number of ether oxygens (including phenoxy) is 2. The summed E-state index contributed by atoms with van der Waals surface area (Å²) in [6.07, 6.45) is -0.584. The van der Waals surface area contributed by atoms with E-state index >= 15 is 0 Å². The van der Waals surface area contributed by atoms with Crippen molar-refractivity contribution >= 4 is 23.5 Å². The van der Waals surface area contributed by atoms with Gasteiger partial charge < -0.3 is 14.4 Å². The Hall–Kier alpha value is -2.67. The molecule has 0 aliphatic carbocycles. The van der Waals surface area contributed by atoms with Crippen molar-refractivity contribution in [1.29, 1.82) is 0 Å². The Morgan fingerprint density at radius 3 is 2.48 bits per heavy atom.